The first-order valence-electron chi connectivity index (χ1n) is 7.22. The zero-order chi connectivity index (χ0) is 12.3. The zero-order valence-electron chi connectivity index (χ0n) is 11.5. The van der Waals surface area contributed by atoms with E-state index in [4.69, 9.17) is 9.47 Å². The second-order valence-corrected chi connectivity index (χ2v) is 4.93. The molecule has 0 radical (unpaired) electrons. The molecule has 102 valence electrons. The molecule has 0 aliphatic heterocycles. The van der Waals surface area contributed by atoms with E-state index in [1.807, 2.05) is 7.11 Å². The van der Waals surface area contributed by atoms with E-state index in [2.05, 4.69) is 12.2 Å². The first-order valence-corrected chi connectivity index (χ1v) is 7.22. The van der Waals surface area contributed by atoms with E-state index in [1.165, 1.54) is 38.5 Å². The molecule has 0 saturated heterocycles. The topological polar surface area (TPSA) is 30.5 Å². The van der Waals surface area contributed by atoms with Gasteiger partial charge in [0, 0.05) is 13.7 Å². The van der Waals surface area contributed by atoms with Gasteiger partial charge >= 0.3 is 0 Å². The molecule has 0 aromatic carbocycles. The van der Waals surface area contributed by atoms with Crippen LogP contribution in [0.3, 0.4) is 0 Å². The van der Waals surface area contributed by atoms with Crippen LogP contribution in [0, 0.1) is 0 Å². The Morgan fingerprint density at radius 3 is 2.71 bits per heavy atom. The maximum absolute atomic E-state index is 5.92. The number of ether oxygens (including phenoxy) is 2. The third-order valence-corrected chi connectivity index (χ3v) is 3.51. The van der Waals surface area contributed by atoms with Gasteiger partial charge in [0.05, 0.1) is 12.2 Å². The molecule has 0 heterocycles. The van der Waals surface area contributed by atoms with E-state index in [1.54, 1.807) is 0 Å². The van der Waals surface area contributed by atoms with Crippen molar-refractivity contribution in [3.8, 4) is 0 Å². The minimum atomic E-state index is 0.433. The van der Waals surface area contributed by atoms with Gasteiger partial charge in [0.2, 0.25) is 0 Å². The average molecular weight is 243 g/mol. The normalized spacial score (nSPS) is 25.1. The maximum atomic E-state index is 5.92. The van der Waals surface area contributed by atoms with Gasteiger partial charge in [-0.2, -0.15) is 0 Å². The quantitative estimate of drug-likeness (QED) is 0.632. The van der Waals surface area contributed by atoms with Crippen molar-refractivity contribution in [3.05, 3.63) is 0 Å². The molecule has 1 fully saturated rings. The second kappa shape index (κ2) is 9.86. The minimum Gasteiger partial charge on any atom is -0.381 e. The van der Waals surface area contributed by atoms with Gasteiger partial charge in [-0.05, 0) is 58.0 Å². The summed E-state index contributed by atoms with van der Waals surface area (Å²) in [6.07, 6.45) is 9.38. The lowest BCUT2D eigenvalue weighted by molar-refractivity contribution is -0.0302. The van der Waals surface area contributed by atoms with Crippen LogP contribution in [0.4, 0.5) is 0 Å². The molecule has 1 saturated carbocycles. The van der Waals surface area contributed by atoms with Gasteiger partial charge in [-0.15, -0.1) is 0 Å². The van der Waals surface area contributed by atoms with Crippen molar-refractivity contribution in [2.45, 2.75) is 64.1 Å². The first-order chi connectivity index (χ1) is 8.36. The van der Waals surface area contributed by atoms with Gasteiger partial charge in [-0.1, -0.05) is 6.92 Å². The molecule has 1 rings (SSSR count). The fraction of sp³-hybridized carbons (Fsp3) is 1.00. The van der Waals surface area contributed by atoms with Crippen LogP contribution in [-0.4, -0.2) is 39.0 Å². The molecule has 0 amide bonds. The van der Waals surface area contributed by atoms with Gasteiger partial charge in [0.15, 0.2) is 0 Å². The van der Waals surface area contributed by atoms with Crippen LogP contribution in [0.25, 0.3) is 0 Å². The van der Waals surface area contributed by atoms with Crippen LogP contribution in [-0.2, 0) is 9.47 Å². The molecule has 0 aromatic heterocycles. The van der Waals surface area contributed by atoms with Gasteiger partial charge in [0.25, 0.3) is 0 Å². The highest BCUT2D eigenvalue weighted by atomic mass is 16.5. The van der Waals surface area contributed by atoms with Gasteiger partial charge in [-0.25, -0.2) is 0 Å². The molecule has 17 heavy (non-hydrogen) atoms. The van der Waals surface area contributed by atoms with E-state index in [0.29, 0.717) is 12.2 Å². The average Bonchev–Trinajstić information content (AvgIpc) is 2.38. The second-order valence-electron chi connectivity index (χ2n) is 4.93. The van der Waals surface area contributed by atoms with E-state index in [-0.39, 0.29) is 0 Å². The molecule has 2 atom stereocenters. The van der Waals surface area contributed by atoms with E-state index >= 15 is 0 Å². The summed E-state index contributed by atoms with van der Waals surface area (Å²) < 4.78 is 11.3. The predicted molar refractivity (Wildman–Crippen MR) is 71.4 cm³/mol. The first kappa shape index (κ1) is 14.9. The smallest absolute Gasteiger partial charge is 0.0599 e. The van der Waals surface area contributed by atoms with Crippen molar-refractivity contribution in [1.29, 1.82) is 0 Å². The summed E-state index contributed by atoms with van der Waals surface area (Å²) in [4.78, 5) is 0. The lowest BCUT2D eigenvalue weighted by Crippen LogP contribution is -2.27. The Hall–Kier alpha value is -0.120. The lowest BCUT2D eigenvalue weighted by Gasteiger charge is -2.28. The van der Waals surface area contributed by atoms with Crippen molar-refractivity contribution in [3.63, 3.8) is 0 Å². The molecule has 0 aromatic rings. The van der Waals surface area contributed by atoms with Crippen molar-refractivity contribution < 1.29 is 9.47 Å². The Balaban J connectivity index is 1.91. The number of hydrogen-bond acceptors (Lipinski definition) is 3. The highest BCUT2D eigenvalue weighted by molar-refractivity contribution is 4.73. The summed E-state index contributed by atoms with van der Waals surface area (Å²) in [6.45, 7) is 5.30. The molecular weight excluding hydrogens is 214 g/mol. The Morgan fingerprint density at radius 1 is 1.12 bits per heavy atom. The number of nitrogens with one attached hydrogen (secondary N) is 1. The van der Waals surface area contributed by atoms with Crippen LogP contribution in [0.1, 0.15) is 51.9 Å². The van der Waals surface area contributed by atoms with Crippen molar-refractivity contribution in [1.82, 2.24) is 5.32 Å². The summed E-state index contributed by atoms with van der Waals surface area (Å²) in [5, 5.41) is 3.34. The predicted octanol–water partition coefficient (Wildman–Crippen LogP) is 2.74. The molecule has 1 N–H and O–H groups in total. The third kappa shape index (κ3) is 7.02. The molecule has 2 unspecified atom stereocenters. The Labute approximate surface area is 106 Å². The standard InChI is InChI=1S/C14H29NO2/c1-3-15-10-5-4-6-11-17-14-9-7-8-13(12-14)16-2/h13-15H,3-12H2,1-2H3. The van der Waals surface area contributed by atoms with Crippen molar-refractivity contribution >= 4 is 0 Å². The highest BCUT2D eigenvalue weighted by Crippen LogP contribution is 2.23. The van der Waals surface area contributed by atoms with Gasteiger partial charge < -0.3 is 14.8 Å². The lowest BCUT2D eigenvalue weighted by atomic mass is 9.95. The third-order valence-electron chi connectivity index (χ3n) is 3.51. The van der Waals surface area contributed by atoms with Gasteiger partial charge in [-0.3, -0.25) is 0 Å². The molecule has 0 spiro atoms. The van der Waals surface area contributed by atoms with E-state index in [0.717, 1.165) is 26.1 Å². The molecule has 3 nitrogen and oxygen atoms in total. The largest absolute Gasteiger partial charge is 0.381 e. The minimum absolute atomic E-state index is 0.433. The summed E-state index contributed by atoms with van der Waals surface area (Å²) in [5.74, 6) is 0. The summed E-state index contributed by atoms with van der Waals surface area (Å²) in [5.41, 5.74) is 0. The molecule has 1 aliphatic carbocycles. The zero-order valence-corrected chi connectivity index (χ0v) is 11.5. The van der Waals surface area contributed by atoms with Crippen LogP contribution >= 0.6 is 0 Å². The fourth-order valence-electron chi connectivity index (χ4n) is 2.42. The Kier molecular flexibility index (Phi) is 8.67. The van der Waals surface area contributed by atoms with Crippen LogP contribution in [0.15, 0.2) is 0 Å². The van der Waals surface area contributed by atoms with Crippen molar-refractivity contribution in [2.24, 2.45) is 0 Å². The molecular formula is C14H29NO2. The monoisotopic (exact) mass is 243 g/mol. The van der Waals surface area contributed by atoms with E-state index < -0.39 is 0 Å². The van der Waals surface area contributed by atoms with E-state index in [9.17, 15) is 0 Å². The number of rotatable bonds is 9. The number of unbranched alkanes of at least 4 members (excludes halogenated alkanes) is 2. The molecule has 0 bridgehead atoms. The maximum Gasteiger partial charge on any atom is 0.0599 e. The fourth-order valence-corrected chi connectivity index (χ4v) is 2.42. The number of hydrogen-bond donors (Lipinski definition) is 1. The van der Waals surface area contributed by atoms with Crippen molar-refractivity contribution in [2.75, 3.05) is 26.8 Å². The number of methoxy groups -OCH3 is 1. The Morgan fingerprint density at radius 2 is 1.94 bits per heavy atom. The van der Waals surface area contributed by atoms with Crippen LogP contribution in [0.5, 0.6) is 0 Å². The van der Waals surface area contributed by atoms with Crippen LogP contribution < -0.4 is 5.32 Å². The highest BCUT2D eigenvalue weighted by Gasteiger charge is 2.21. The molecule has 1 aliphatic rings. The SMILES string of the molecule is CCNCCCCCOC1CCCC(OC)C1. The summed E-state index contributed by atoms with van der Waals surface area (Å²) in [7, 11) is 1.81. The Bertz CT molecular complexity index is 176. The van der Waals surface area contributed by atoms with Gasteiger partial charge in [0.1, 0.15) is 0 Å². The molecule has 3 heteroatoms. The summed E-state index contributed by atoms with van der Waals surface area (Å²) >= 11 is 0. The van der Waals surface area contributed by atoms with Crippen LogP contribution in [0.2, 0.25) is 0 Å². The summed E-state index contributed by atoms with van der Waals surface area (Å²) in [6, 6.07) is 0.